The van der Waals surface area contributed by atoms with Crippen LogP contribution in [0.5, 0.6) is 11.8 Å². The Morgan fingerprint density at radius 2 is 1.07 bits per heavy atom. The Labute approximate surface area is 270 Å². The number of pyridine rings is 2. The fourth-order valence-corrected chi connectivity index (χ4v) is 5.90. The number of rotatable bonds is 12. The highest BCUT2D eigenvalue weighted by molar-refractivity contribution is 5.38. The van der Waals surface area contributed by atoms with Crippen molar-refractivity contribution in [3.8, 4) is 11.8 Å². The Hall–Kier alpha value is -3.86. The molecule has 0 aliphatic heterocycles. The minimum Gasteiger partial charge on any atom is -0.481 e. The topological polar surface area (TPSA) is 123 Å². The molecule has 2 aliphatic rings. The Bertz CT molecular complexity index is 1420. The van der Waals surface area contributed by atoms with Crippen LogP contribution >= 0.6 is 0 Å². The van der Waals surface area contributed by atoms with Crippen LogP contribution in [-0.4, -0.2) is 51.7 Å². The first-order valence-electron chi connectivity index (χ1n) is 15.7. The number of aromatic nitrogens is 2. The molecule has 0 atom stereocenters. The number of hydrogen-bond donors (Lipinski definition) is 3. The molecule has 2 heterocycles. The molecule has 3 N–H and O–H groups in total. The van der Waals surface area contributed by atoms with Crippen LogP contribution in [0, 0.1) is 0 Å². The van der Waals surface area contributed by atoms with Crippen LogP contribution in [0.25, 0.3) is 0 Å². The summed E-state index contributed by atoms with van der Waals surface area (Å²) in [6.07, 6.45) is 6.43. The van der Waals surface area contributed by atoms with E-state index < -0.39 is 11.2 Å². The first-order chi connectivity index (χ1) is 22.3. The minimum absolute atomic E-state index is 0.00250. The third kappa shape index (κ3) is 7.92. The van der Waals surface area contributed by atoms with Crippen LogP contribution in [0.4, 0.5) is 0 Å². The molecular formula is C37H44N2O7. The zero-order valence-electron chi connectivity index (χ0n) is 26.8. The van der Waals surface area contributed by atoms with Gasteiger partial charge < -0.3 is 34.3 Å². The van der Waals surface area contributed by atoms with Gasteiger partial charge in [0.25, 0.3) is 0 Å². The molecular weight excluding hydrogens is 584 g/mol. The molecule has 9 heteroatoms. The molecule has 244 valence electrons. The molecule has 0 radical (unpaired) electrons. The number of ether oxygens (including phenoxy) is 4. The molecule has 2 saturated carbocycles. The van der Waals surface area contributed by atoms with E-state index in [1.807, 2.05) is 66.7 Å². The first-order valence-corrected chi connectivity index (χ1v) is 15.7. The Morgan fingerprint density at radius 3 is 1.46 bits per heavy atom. The van der Waals surface area contributed by atoms with E-state index >= 15 is 0 Å². The van der Waals surface area contributed by atoms with E-state index in [9.17, 15) is 15.3 Å². The smallest absolute Gasteiger partial charge is 0.219 e. The largest absolute Gasteiger partial charge is 0.481 e. The van der Waals surface area contributed by atoms with E-state index in [1.54, 1.807) is 25.6 Å². The SMILES string of the molecule is CCc1cnc(OC)c(C2(O)CC(OCc3ccccc3)C2)c1.COc1ncc(CO)cc1C1(O)CC(OCc2ccccc2)C1. The second-order valence-electron chi connectivity index (χ2n) is 12.0. The summed E-state index contributed by atoms with van der Waals surface area (Å²) in [6, 6.07) is 23.8. The monoisotopic (exact) mass is 628 g/mol. The quantitative estimate of drug-likeness (QED) is 0.190. The third-order valence-electron chi connectivity index (χ3n) is 8.71. The van der Waals surface area contributed by atoms with Gasteiger partial charge in [0.15, 0.2) is 0 Å². The van der Waals surface area contributed by atoms with Crippen molar-refractivity contribution in [3.63, 3.8) is 0 Å². The average Bonchev–Trinajstić information content (AvgIpc) is 3.08. The number of aliphatic hydroxyl groups excluding tert-OH is 1. The van der Waals surface area contributed by atoms with Crippen molar-refractivity contribution in [1.82, 2.24) is 9.97 Å². The standard InChI is InChI=1S/C19H23NO3.C18H21NO4/c1-3-14-9-17(18(22-2)20-12-14)19(21)10-16(11-19)23-13-15-7-5-4-6-8-15;1-22-17-16(7-14(11-20)10-19-17)18(21)8-15(9-18)23-12-13-5-3-2-4-6-13/h4-9,12,16,21H,3,10-11,13H2,1-2H3;2-7,10,15,20-21H,8-9,11-12H2,1H3. The molecule has 46 heavy (non-hydrogen) atoms. The van der Waals surface area contributed by atoms with Gasteiger partial charge in [-0.1, -0.05) is 67.6 Å². The Morgan fingerprint density at radius 1 is 0.652 bits per heavy atom. The Balaban J connectivity index is 0.000000181. The maximum atomic E-state index is 10.9. The molecule has 2 fully saturated rings. The van der Waals surface area contributed by atoms with Crippen molar-refractivity contribution in [2.24, 2.45) is 0 Å². The molecule has 2 aromatic heterocycles. The van der Waals surface area contributed by atoms with Crippen molar-refractivity contribution >= 4 is 0 Å². The summed E-state index contributed by atoms with van der Waals surface area (Å²) in [5.41, 5.74) is 3.51. The highest BCUT2D eigenvalue weighted by Gasteiger charge is 2.48. The normalized spacial score (nSPS) is 23.3. The van der Waals surface area contributed by atoms with Crippen molar-refractivity contribution < 1.29 is 34.3 Å². The fourth-order valence-electron chi connectivity index (χ4n) is 5.90. The zero-order valence-corrected chi connectivity index (χ0v) is 26.8. The van der Waals surface area contributed by atoms with Crippen LogP contribution in [-0.2, 0) is 46.9 Å². The van der Waals surface area contributed by atoms with E-state index in [-0.39, 0.29) is 18.8 Å². The molecule has 0 saturated heterocycles. The molecule has 9 nitrogen and oxygen atoms in total. The number of aryl methyl sites for hydroxylation is 1. The summed E-state index contributed by atoms with van der Waals surface area (Å²) < 4.78 is 22.3. The maximum Gasteiger partial charge on any atom is 0.219 e. The van der Waals surface area contributed by atoms with E-state index in [0.717, 1.165) is 28.7 Å². The van der Waals surface area contributed by atoms with E-state index in [1.165, 1.54) is 7.11 Å². The second-order valence-corrected chi connectivity index (χ2v) is 12.0. The summed E-state index contributed by atoms with van der Waals surface area (Å²) in [5.74, 6) is 0.900. The van der Waals surface area contributed by atoms with Crippen LogP contribution in [0.15, 0.2) is 85.2 Å². The van der Waals surface area contributed by atoms with Gasteiger partial charge in [0.2, 0.25) is 11.8 Å². The highest BCUT2D eigenvalue weighted by Crippen LogP contribution is 2.47. The summed E-state index contributed by atoms with van der Waals surface area (Å²) in [5, 5.41) is 30.9. The molecule has 0 bridgehead atoms. The average molecular weight is 629 g/mol. The van der Waals surface area contributed by atoms with Gasteiger partial charge in [-0.05, 0) is 40.8 Å². The van der Waals surface area contributed by atoms with Gasteiger partial charge in [-0.25, -0.2) is 9.97 Å². The van der Waals surface area contributed by atoms with Gasteiger partial charge >= 0.3 is 0 Å². The lowest BCUT2D eigenvalue weighted by Crippen LogP contribution is -2.46. The lowest BCUT2D eigenvalue weighted by atomic mass is 9.72. The molecule has 0 unspecified atom stereocenters. The number of methoxy groups -OCH3 is 2. The van der Waals surface area contributed by atoms with E-state index in [4.69, 9.17) is 18.9 Å². The van der Waals surface area contributed by atoms with Crippen LogP contribution in [0.2, 0.25) is 0 Å². The molecule has 2 aromatic carbocycles. The number of aliphatic hydroxyl groups is 3. The van der Waals surface area contributed by atoms with E-state index in [0.29, 0.717) is 61.8 Å². The predicted molar refractivity (Wildman–Crippen MR) is 173 cm³/mol. The fraction of sp³-hybridized carbons (Fsp3) is 0.405. The summed E-state index contributed by atoms with van der Waals surface area (Å²) in [7, 11) is 3.11. The van der Waals surface area contributed by atoms with E-state index in [2.05, 4.69) is 16.9 Å². The van der Waals surface area contributed by atoms with Crippen molar-refractivity contribution in [3.05, 3.63) is 119 Å². The molecule has 4 aromatic rings. The summed E-state index contributed by atoms with van der Waals surface area (Å²) in [4.78, 5) is 8.46. The van der Waals surface area contributed by atoms with Gasteiger partial charge in [-0.2, -0.15) is 0 Å². The number of hydrogen-bond acceptors (Lipinski definition) is 9. The number of nitrogens with zero attached hydrogens (tertiary/aromatic N) is 2. The lowest BCUT2D eigenvalue weighted by Gasteiger charge is -2.43. The van der Waals surface area contributed by atoms with Gasteiger partial charge in [-0.3, -0.25) is 0 Å². The molecule has 2 aliphatic carbocycles. The third-order valence-corrected chi connectivity index (χ3v) is 8.71. The predicted octanol–water partition coefficient (Wildman–Crippen LogP) is 5.37. The number of benzene rings is 2. The van der Waals surface area contributed by atoms with Crippen molar-refractivity contribution in [2.45, 2.75) is 82.3 Å². The van der Waals surface area contributed by atoms with Gasteiger partial charge in [0.1, 0.15) is 0 Å². The van der Waals surface area contributed by atoms with Crippen molar-refractivity contribution in [2.75, 3.05) is 14.2 Å². The Kier molecular flexibility index (Phi) is 11.0. The van der Waals surface area contributed by atoms with Crippen LogP contribution < -0.4 is 9.47 Å². The van der Waals surface area contributed by atoms with Crippen LogP contribution in [0.1, 0.15) is 66.0 Å². The maximum absolute atomic E-state index is 10.9. The van der Waals surface area contributed by atoms with Crippen LogP contribution in [0.3, 0.4) is 0 Å². The first kappa shape index (κ1) is 33.5. The molecule has 0 spiro atoms. The zero-order chi connectivity index (χ0) is 32.6. The molecule has 0 amide bonds. The van der Waals surface area contributed by atoms with Gasteiger partial charge in [0, 0.05) is 49.2 Å². The van der Waals surface area contributed by atoms with Gasteiger partial charge in [0.05, 0.1) is 57.5 Å². The minimum atomic E-state index is -1.01. The lowest BCUT2D eigenvalue weighted by molar-refractivity contribution is -0.150. The van der Waals surface area contributed by atoms with Crippen molar-refractivity contribution in [1.29, 1.82) is 0 Å². The summed E-state index contributed by atoms with van der Waals surface area (Å²) in [6.45, 7) is 3.07. The summed E-state index contributed by atoms with van der Waals surface area (Å²) >= 11 is 0. The van der Waals surface area contributed by atoms with Gasteiger partial charge in [-0.15, -0.1) is 0 Å². The second kappa shape index (κ2) is 15.2. The highest BCUT2D eigenvalue weighted by atomic mass is 16.5. The molecule has 6 rings (SSSR count).